The van der Waals surface area contributed by atoms with Gasteiger partial charge in [0.25, 0.3) is 5.91 Å². The van der Waals surface area contributed by atoms with Crippen LogP contribution in [-0.2, 0) is 0 Å². The number of aromatic nitrogens is 1. The number of nitrogens with zero attached hydrogens (tertiary/aromatic N) is 1. The van der Waals surface area contributed by atoms with Gasteiger partial charge in [-0.25, -0.2) is 0 Å². The largest absolute Gasteiger partial charge is 0.296 e. The van der Waals surface area contributed by atoms with E-state index in [0.29, 0.717) is 12.0 Å². The minimum absolute atomic E-state index is 0.294. The number of carbonyl (C=O) groups excluding carboxylic acids is 2. The topological polar surface area (TPSA) is 39.1 Å². The van der Waals surface area contributed by atoms with E-state index in [2.05, 4.69) is 6.58 Å². The summed E-state index contributed by atoms with van der Waals surface area (Å²) in [5, 5.41) is 0. The van der Waals surface area contributed by atoms with Crippen molar-refractivity contribution in [2.75, 3.05) is 0 Å². The van der Waals surface area contributed by atoms with Gasteiger partial charge in [-0.15, -0.1) is 0 Å². The zero-order chi connectivity index (χ0) is 8.27. The summed E-state index contributed by atoms with van der Waals surface area (Å²) in [5.41, 5.74) is 0.343. The Balaban J connectivity index is 3.11. The molecule has 56 valence electrons. The molecule has 3 heteroatoms. The van der Waals surface area contributed by atoms with Crippen LogP contribution in [0.15, 0.2) is 31.0 Å². The maximum absolute atomic E-state index is 10.9. The molecule has 0 aliphatic rings. The second kappa shape index (κ2) is 2.96. The first-order valence-corrected chi connectivity index (χ1v) is 3.09. The molecular formula is C8H7NO2. The van der Waals surface area contributed by atoms with Crippen molar-refractivity contribution in [3.8, 4) is 0 Å². The summed E-state index contributed by atoms with van der Waals surface area (Å²) in [4.78, 5) is 21.2. The molecular weight excluding hydrogens is 142 g/mol. The molecule has 1 aromatic rings. The Morgan fingerprint density at radius 2 is 2.36 bits per heavy atom. The fraction of sp³-hybridized carbons (Fsp3) is 0. The van der Waals surface area contributed by atoms with E-state index in [1.165, 1.54) is 10.8 Å². The normalized spacial score (nSPS) is 9.09. The molecule has 1 aromatic heterocycles. The van der Waals surface area contributed by atoms with Crippen LogP contribution in [0.3, 0.4) is 0 Å². The number of allylic oxidation sites excluding steroid dienone is 1. The lowest BCUT2D eigenvalue weighted by molar-refractivity contribution is 0.0955. The zero-order valence-electron chi connectivity index (χ0n) is 5.86. The van der Waals surface area contributed by atoms with Crippen molar-refractivity contribution in [1.82, 2.24) is 4.57 Å². The molecule has 0 saturated carbocycles. The number of carbonyl (C=O) groups is 2. The van der Waals surface area contributed by atoms with Crippen LogP contribution < -0.4 is 0 Å². The van der Waals surface area contributed by atoms with E-state index in [0.717, 1.165) is 6.08 Å². The SMILES string of the molecule is C=CC(=O)n1cccc1C=O. The molecule has 0 fully saturated rings. The quantitative estimate of drug-likeness (QED) is 0.467. The Morgan fingerprint density at radius 3 is 2.91 bits per heavy atom. The van der Waals surface area contributed by atoms with Crippen molar-refractivity contribution in [3.63, 3.8) is 0 Å². The summed E-state index contributed by atoms with van der Waals surface area (Å²) < 4.78 is 1.24. The molecule has 0 bridgehead atoms. The molecule has 1 heterocycles. The van der Waals surface area contributed by atoms with Crippen LogP contribution in [0.1, 0.15) is 15.3 Å². The monoisotopic (exact) mass is 149 g/mol. The number of aldehydes is 1. The first-order chi connectivity index (χ1) is 5.29. The maximum atomic E-state index is 10.9. The zero-order valence-corrected chi connectivity index (χ0v) is 5.86. The molecule has 0 atom stereocenters. The Morgan fingerprint density at radius 1 is 1.64 bits per heavy atom. The lowest BCUT2D eigenvalue weighted by atomic mass is 10.4. The third-order valence-corrected chi connectivity index (χ3v) is 1.31. The van der Waals surface area contributed by atoms with Crippen LogP contribution in [-0.4, -0.2) is 16.8 Å². The highest BCUT2D eigenvalue weighted by Crippen LogP contribution is 1.98. The van der Waals surface area contributed by atoms with Gasteiger partial charge in [-0.2, -0.15) is 0 Å². The summed E-state index contributed by atoms with van der Waals surface area (Å²) in [6, 6.07) is 3.19. The smallest absolute Gasteiger partial charge is 0.254 e. The van der Waals surface area contributed by atoms with Crippen molar-refractivity contribution in [2.45, 2.75) is 0 Å². The van der Waals surface area contributed by atoms with Crippen LogP contribution in [0.25, 0.3) is 0 Å². The van der Waals surface area contributed by atoms with Crippen molar-refractivity contribution in [3.05, 3.63) is 36.7 Å². The first-order valence-electron chi connectivity index (χ1n) is 3.09. The molecule has 11 heavy (non-hydrogen) atoms. The van der Waals surface area contributed by atoms with Crippen molar-refractivity contribution in [1.29, 1.82) is 0 Å². The van der Waals surface area contributed by atoms with Gasteiger partial charge in [-0.05, 0) is 18.2 Å². The molecule has 0 saturated heterocycles. The van der Waals surface area contributed by atoms with Crippen LogP contribution in [0.5, 0.6) is 0 Å². The van der Waals surface area contributed by atoms with E-state index in [1.54, 1.807) is 12.1 Å². The predicted molar refractivity (Wildman–Crippen MR) is 40.6 cm³/mol. The average molecular weight is 149 g/mol. The van der Waals surface area contributed by atoms with Crippen LogP contribution >= 0.6 is 0 Å². The highest BCUT2D eigenvalue weighted by atomic mass is 16.2. The molecule has 0 aromatic carbocycles. The third-order valence-electron chi connectivity index (χ3n) is 1.31. The van der Waals surface area contributed by atoms with E-state index < -0.39 is 0 Å². The summed E-state index contributed by atoms with van der Waals surface area (Å²) in [5.74, 6) is -0.294. The highest BCUT2D eigenvalue weighted by molar-refractivity contribution is 5.93. The van der Waals surface area contributed by atoms with Crippen LogP contribution in [0.2, 0.25) is 0 Å². The van der Waals surface area contributed by atoms with E-state index in [4.69, 9.17) is 0 Å². The molecule has 3 nitrogen and oxygen atoms in total. The summed E-state index contributed by atoms with van der Waals surface area (Å²) in [6.45, 7) is 3.31. The van der Waals surface area contributed by atoms with E-state index >= 15 is 0 Å². The molecule has 0 aliphatic carbocycles. The van der Waals surface area contributed by atoms with Gasteiger partial charge in [-0.3, -0.25) is 14.2 Å². The molecule has 0 aliphatic heterocycles. The van der Waals surface area contributed by atoms with Crippen molar-refractivity contribution < 1.29 is 9.59 Å². The van der Waals surface area contributed by atoms with Crippen molar-refractivity contribution in [2.24, 2.45) is 0 Å². The summed E-state index contributed by atoms with van der Waals surface area (Å²) in [7, 11) is 0. The van der Waals surface area contributed by atoms with Gasteiger partial charge >= 0.3 is 0 Å². The average Bonchev–Trinajstić information content (AvgIpc) is 2.50. The standard InChI is InChI=1S/C8H7NO2/c1-2-8(11)9-5-3-4-7(9)6-10/h2-6H,1H2. The highest BCUT2D eigenvalue weighted by Gasteiger charge is 2.02. The van der Waals surface area contributed by atoms with Crippen LogP contribution in [0.4, 0.5) is 0 Å². The van der Waals surface area contributed by atoms with Crippen LogP contribution in [0, 0.1) is 0 Å². The fourth-order valence-corrected chi connectivity index (χ4v) is 0.789. The molecule has 0 amide bonds. The van der Waals surface area contributed by atoms with Gasteiger partial charge in [0, 0.05) is 6.20 Å². The molecule has 0 unspecified atom stereocenters. The molecule has 1 rings (SSSR count). The summed E-state index contributed by atoms with van der Waals surface area (Å²) in [6.07, 6.45) is 3.31. The Hall–Kier alpha value is -1.64. The lowest BCUT2D eigenvalue weighted by Crippen LogP contribution is -2.08. The Kier molecular flexibility index (Phi) is 2.01. The molecule has 0 spiro atoms. The minimum Gasteiger partial charge on any atom is -0.296 e. The van der Waals surface area contributed by atoms with E-state index in [-0.39, 0.29) is 5.91 Å². The van der Waals surface area contributed by atoms with Gasteiger partial charge in [0.1, 0.15) is 0 Å². The van der Waals surface area contributed by atoms with Gasteiger partial charge in [0.15, 0.2) is 6.29 Å². The van der Waals surface area contributed by atoms with E-state index in [1.807, 2.05) is 0 Å². The fourth-order valence-electron chi connectivity index (χ4n) is 0.789. The number of hydrogen-bond donors (Lipinski definition) is 0. The molecule has 0 radical (unpaired) electrons. The maximum Gasteiger partial charge on any atom is 0.254 e. The third kappa shape index (κ3) is 1.26. The van der Waals surface area contributed by atoms with Gasteiger partial charge in [0.2, 0.25) is 0 Å². The predicted octanol–water partition coefficient (Wildman–Crippen LogP) is 1.13. The second-order valence-corrected chi connectivity index (χ2v) is 1.96. The Labute approximate surface area is 63.9 Å². The number of rotatable bonds is 2. The Bertz CT molecular complexity index is 299. The van der Waals surface area contributed by atoms with Gasteiger partial charge in [0.05, 0.1) is 5.69 Å². The lowest BCUT2D eigenvalue weighted by Gasteiger charge is -1.96. The number of hydrogen-bond acceptors (Lipinski definition) is 2. The minimum atomic E-state index is -0.294. The molecule has 0 N–H and O–H groups in total. The second-order valence-electron chi connectivity index (χ2n) is 1.96. The van der Waals surface area contributed by atoms with Gasteiger partial charge < -0.3 is 0 Å². The van der Waals surface area contributed by atoms with Crippen molar-refractivity contribution >= 4 is 12.2 Å². The first kappa shape index (κ1) is 7.47. The van der Waals surface area contributed by atoms with Gasteiger partial charge in [-0.1, -0.05) is 6.58 Å². The summed E-state index contributed by atoms with van der Waals surface area (Å²) >= 11 is 0. The van der Waals surface area contributed by atoms with E-state index in [9.17, 15) is 9.59 Å².